The summed E-state index contributed by atoms with van der Waals surface area (Å²) in [5, 5.41) is 10.4. The minimum absolute atomic E-state index is 0.190. The fraction of sp³-hybridized carbons (Fsp3) is 0.800. The molecule has 15 heavy (non-hydrogen) atoms. The maximum absolute atomic E-state index is 4.64. The summed E-state index contributed by atoms with van der Waals surface area (Å²) in [6, 6.07) is 0. The maximum atomic E-state index is 4.64. The third-order valence-corrected chi connectivity index (χ3v) is 1.89. The Balaban J connectivity index is 1.94. The molecular weight excluding hydrogens is 192 g/mol. The lowest BCUT2D eigenvalue weighted by molar-refractivity contribution is 0.407. The molecule has 0 unspecified atom stereocenters. The van der Waals surface area contributed by atoms with Crippen molar-refractivity contribution in [3.8, 4) is 0 Å². The molecule has 0 saturated carbocycles. The first kappa shape index (κ1) is 12.1. The molecular formula is C10H20N4O. The highest BCUT2D eigenvalue weighted by Crippen LogP contribution is 1.96. The van der Waals surface area contributed by atoms with Crippen molar-refractivity contribution in [2.75, 3.05) is 19.6 Å². The van der Waals surface area contributed by atoms with Crippen LogP contribution in [0.2, 0.25) is 0 Å². The van der Waals surface area contributed by atoms with Crippen LogP contribution in [0, 0.1) is 0 Å². The Labute approximate surface area is 90.6 Å². The van der Waals surface area contributed by atoms with E-state index in [-0.39, 0.29) is 5.54 Å². The van der Waals surface area contributed by atoms with E-state index in [0.717, 1.165) is 31.9 Å². The van der Waals surface area contributed by atoms with Crippen LogP contribution in [0.25, 0.3) is 0 Å². The van der Waals surface area contributed by atoms with Gasteiger partial charge in [0.25, 0.3) is 0 Å². The molecule has 0 aliphatic rings. The fourth-order valence-corrected chi connectivity index (χ4v) is 1.15. The van der Waals surface area contributed by atoms with Crippen LogP contribution in [0.15, 0.2) is 10.9 Å². The fourth-order valence-electron chi connectivity index (χ4n) is 1.15. The van der Waals surface area contributed by atoms with Gasteiger partial charge in [0.1, 0.15) is 0 Å². The molecule has 0 atom stereocenters. The van der Waals surface area contributed by atoms with Crippen LogP contribution in [-0.4, -0.2) is 35.3 Å². The van der Waals surface area contributed by atoms with Crippen LogP contribution in [0.3, 0.4) is 0 Å². The van der Waals surface area contributed by atoms with Crippen LogP contribution in [0.1, 0.15) is 26.6 Å². The summed E-state index contributed by atoms with van der Waals surface area (Å²) in [4.78, 5) is 3.94. The Morgan fingerprint density at radius 3 is 2.67 bits per heavy atom. The van der Waals surface area contributed by atoms with Crippen molar-refractivity contribution in [3.63, 3.8) is 0 Å². The lowest BCUT2D eigenvalue weighted by Crippen LogP contribution is -2.40. The van der Waals surface area contributed by atoms with Crippen LogP contribution in [-0.2, 0) is 6.42 Å². The van der Waals surface area contributed by atoms with E-state index in [9.17, 15) is 0 Å². The van der Waals surface area contributed by atoms with E-state index in [2.05, 4.69) is 46.1 Å². The molecule has 0 aliphatic carbocycles. The van der Waals surface area contributed by atoms with E-state index in [1.54, 1.807) is 0 Å². The van der Waals surface area contributed by atoms with E-state index in [1.165, 1.54) is 6.39 Å². The number of hydrogen-bond acceptors (Lipinski definition) is 5. The SMILES string of the molecule is CC(C)(C)NCCNCCc1ncon1. The van der Waals surface area contributed by atoms with Gasteiger partial charge in [-0.1, -0.05) is 5.16 Å². The van der Waals surface area contributed by atoms with Crippen LogP contribution in [0.4, 0.5) is 0 Å². The van der Waals surface area contributed by atoms with Crippen molar-refractivity contribution in [2.24, 2.45) is 0 Å². The van der Waals surface area contributed by atoms with Gasteiger partial charge in [0.05, 0.1) is 0 Å². The zero-order chi connectivity index (χ0) is 11.1. The Kier molecular flexibility index (Phi) is 4.71. The van der Waals surface area contributed by atoms with Crippen molar-refractivity contribution in [2.45, 2.75) is 32.7 Å². The lowest BCUT2D eigenvalue weighted by Gasteiger charge is -2.20. The summed E-state index contributed by atoms with van der Waals surface area (Å²) in [5.74, 6) is 0.756. The Bertz CT molecular complexity index is 253. The first-order chi connectivity index (χ1) is 7.08. The highest BCUT2D eigenvalue weighted by molar-refractivity contribution is 4.78. The quantitative estimate of drug-likeness (QED) is 0.676. The molecule has 0 aromatic carbocycles. The van der Waals surface area contributed by atoms with Gasteiger partial charge < -0.3 is 15.2 Å². The smallest absolute Gasteiger partial charge is 0.213 e. The molecule has 1 aromatic heterocycles. The first-order valence-electron chi connectivity index (χ1n) is 5.29. The molecule has 1 aromatic rings. The van der Waals surface area contributed by atoms with Gasteiger partial charge >= 0.3 is 0 Å². The van der Waals surface area contributed by atoms with Gasteiger partial charge in [0.15, 0.2) is 5.82 Å². The summed E-state index contributed by atoms with van der Waals surface area (Å²) in [5.41, 5.74) is 0.190. The highest BCUT2D eigenvalue weighted by Gasteiger charge is 2.06. The van der Waals surface area contributed by atoms with E-state index >= 15 is 0 Å². The van der Waals surface area contributed by atoms with Gasteiger partial charge in [-0.2, -0.15) is 4.98 Å². The van der Waals surface area contributed by atoms with Crippen LogP contribution in [0.5, 0.6) is 0 Å². The minimum Gasteiger partial charge on any atom is -0.343 e. The number of nitrogens with zero attached hydrogens (tertiary/aromatic N) is 2. The van der Waals surface area contributed by atoms with Crippen molar-refractivity contribution >= 4 is 0 Å². The molecule has 5 heteroatoms. The summed E-state index contributed by atoms with van der Waals surface area (Å²) in [6.45, 7) is 9.28. The predicted molar refractivity (Wildman–Crippen MR) is 58.6 cm³/mol. The molecule has 2 N–H and O–H groups in total. The van der Waals surface area contributed by atoms with Crippen molar-refractivity contribution < 1.29 is 4.52 Å². The molecule has 86 valence electrons. The standard InChI is InChI=1S/C10H20N4O/c1-10(2,3)13-7-6-11-5-4-9-12-8-15-14-9/h8,11,13H,4-7H2,1-3H3. The monoisotopic (exact) mass is 212 g/mol. The molecule has 0 spiro atoms. The predicted octanol–water partition coefficient (Wildman–Crippen LogP) is 0.590. The van der Waals surface area contributed by atoms with Gasteiger partial charge in [-0.25, -0.2) is 0 Å². The molecule has 0 radical (unpaired) electrons. The molecule has 0 saturated heterocycles. The van der Waals surface area contributed by atoms with Gasteiger partial charge in [-0.3, -0.25) is 0 Å². The third-order valence-electron chi connectivity index (χ3n) is 1.89. The normalized spacial score (nSPS) is 11.9. The molecule has 0 bridgehead atoms. The van der Waals surface area contributed by atoms with Crippen LogP contribution >= 0.6 is 0 Å². The largest absolute Gasteiger partial charge is 0.343 e. The van der Waals surface area contributed by atoms with E-state index in [1.807, 2.05) is 0 Å². The summed E-state index contributed by atoms with van der Waals surface area (Å²) in [7, 11) is 0. The van der Waals surface area contributed by atoms with Gasteiger partial charge in [-0.15, -0.1) is 0 Å². The van der Waals surface area contributed by atoms with Gasteiger partial charge in [0, 0.05) is 31.6 Å². The van der Waals surface area contributed by atoms with Crippen molar-refractivity contribution in [1.29, 1.82) is 0 Å². The van der Waals surface area contributed by atoms with Crippen LogP contribution < -0.4 is 10.6 Å². The molecule has 0 fully saturated rings. The summed E-state index contributed by atoms with van der Waals surface area (Å²) in [6.07, 6.45) is 2.17. The molecule has 1 rings (SSSR count). The number of rotatable bonds is 6. The zero-order valence-corrected chi connectivity index (χ0v) is 9.71. The average molecular weight is 212 g/mol. The maximum Gasteiger partial charge on any atom is 0.213 e. The molecule has 0 aliphatic heterocycles. The third kappa shape index (κ3) is 6.19. The second kappa shape index (κ2) is 5.82. The summed E-state index contributed by atoms with van der Waals surface area (Å²) >= 11 is 0. The minimum atomic E-state index is 0.190. The number of aromatic nitrogens is 2. The first-order valence-corrected chi connectivity index (χ1v) is 5.29. The Morgan fingerprint density at radius 1 is 1.27 bits per heavy atom. The lowest BCUT2D eigenvalue weighted by atomic mass is 10.1. The van der Waals surface area contributed by atoms with E-state index in [0.29, 0.717) is 0 Å². The number of hydrogen-bond donors (Lipinski definition) is 2. The molecule has 0 amide bonds. The summed E-state index contributed by atoms with van der Waals surface area (Å²) < 4.78 is 4.64. The van der Waals surface area contributed by atoms with Gasteiger partial charge in [0.2, 0.25) is 6.39 Å². The molecule has 1 heterocycles. The second-order valence-electron chi connectivity index (χ2n) is 4.52. The average Bonchev–Trinajstić information content (AvgIpc) is 2.61. The number of nitrogens with one attached hydrogen (secondary N) is 2. The van der Waals surface area contributed by atoms with Crippen molar-refractivity contribution in [3.05, 3.63) is 12.2 Å². The zero-order valence-electron chi connectivity index (χ0n) is 9.71. The molecule has 5 nitrogen and oxygen atoms in total. The Hall–Kier alpha value is -0.940. The van der Waals surface area contributed by atoms with E-state index < -0.39 is 0 Å². The highest BCUT2D eigenvalue weighted by atomic mass is 16.5. The van der Waals surface area contributed by atoms with Crippen molar-refractivity contribution in [1.82, 2.24) is 20.8 Å². The van der Waals surface area contributed by atoms with E-state index in [4.69, 9.17) is 0 Å². The topological polar surface area (TPSA) is 63.0 Å². The van der Waals surface area contributed by atoms with Gasteiger partial charge in [-0.05, 0) is 20.8 Å². The Morgan fingerprint density at radius 2 is 2.07 bits per heavy atom. The second-order valence-corrected chi connectivity index (χ2v) is 4.52.